The first-order chi connectivity index (χ1) is 9.42. The lowest BCUT2D eigenvalue weighted by atomic mass is 10.2. The number of ether oxygens (including phenoxy) is 1. The molecule has 0 aliphatic heterocycles. The van der Waals surface area contributed by atoms with Gasteiger partial charge in [0.05, 0.1) is 12.6 Å². The van der Waals surface area contributed by atoms with Crippen molar-refractivity contribution in [2.75, 3.05) is 20.3 Å². The van der Waals surface area contributed by atoms with E-state index < -0.39 is 5.97 Å². The van der Waals surface area contributed by atoms with Gasteiger partial charge in [-0.25, -0.2) is 4.79 Å². The Morgan fingerprint density at radius 3 is 2.45 bits per heavy atom. The number of urea groups is 1. The Balaban J connectivity index is 4.42. The Labute approximate surface area is 121 Å². The van der Waals surface area contributed by atoms with E-state index in [4.69, 9.17) is 9.84 Å². The average molecular weight is 288 g/mol. The van der Waals surface area contributed by atoms with Crippen LogP contribution in [0.25, 0.3) is 0 Å². The van der Waals surface area contributed by atoms with Crippen molar-refractivity contribution < 1.29 is 19.4 Å². The van der Waals surface area contributed by atoms with E-state index in [1.807, 2.05) is 13.8 Å². The first-order valence-electron chi connectivity index (χ1n) is 7.20. The Kier molecular flexibility index (Phi) is 9.80. The normalized spacial score (nSPS) is 12.2. The van der Waals surface area contributed by atoms with Crippen LogP contribution >= 0.6 is 0 Å². The SMILES string of the molecule is CCCC(COC)NC(=O)N(CCCC(=O)O)C(C)C. The van der Waals surface area contributed by atoms with Gasteiger partial charge in [0.15, 0.2) is 0 Å². The van der Waals surface area contributed by atoms with E-state index in [-0.39, 0.29) is 24.5 Å². The minimum Gasteiger partial charge on any atom is -0.481 e. The number of amides is 2. The van der Waals surface area contributed by atoms with E-state index in [0.29, 0.717) is 19.6 Å². The van der Waals surface area contributed by atoms with Gasteiger partial charge in [0, 0.05) is 26.1 Å². The molecular weight excluding hydrogens is 260 g/mol. The predicted octanol–water partition coefficient (Wildman–Crippen LogP) is 2.09. The molecule has 2 amide bonds. The van der Waals surface area contributed by atoms with Gasteiger partial charge in [-0.2, -0.15) is 0 Å². The molecule has 0 aromatic rings. The summed E-state index contributed by atoms with van der Waals surface area (Å²) in [6, 6.07) is -0.118. The summed E-state index contributed by atoms with van der Waals surface area (Å²) in [5.41, 5.74) is 0. The van der Waals surface area contributed by atoms with Crippen molar-refractivity contribution >= 4 is 12.0 Å². The zero-order chi connectivity index (χ0) is 15.5. The highest BCUT2D eigenvalue weighted by atomic mass is 16.5. The lowest BCUT2D eigenvalue weighted by molar-refractivity contribution is -0.137. The zero-order valence-corrected chi connectivity index (χ0v) is 13.0. The lowest BCUT2D eigenvalue weighted by Crippen LogP contribution is -2.49. The number of hydrogen-bond acceptors (Lipinski definition) is 3. The molecule has 1 unspecified atom stereocenters. The van der Waals surface area contributed by atoms with E-state index >= 15 is 0 Å². The summed E-state index contributed by atoms with van der Waals surface area (Å²) in [6.45, 7) is 6.83. The molecule has 0 aromatic carbocycles. The minimum absolute atomic E-state index is 0.00164. The number of hydrogen-bond donors (Lipinski definition) is 2. The summed E-state index contributed by atoms with van der Waals surface area (Å²) < 4.78 is 5.10. The van der Waals surface area contributed by atoms with E-state index in [9.17, 15) is 9.59 Å². The molecule has 0 spiro atoms. The summed E-state index contributed by atoms with van der Waals surface area (Å²) in [6.07, 6.45) is 2.37. The fourth-order valence-electron chi connectivity index (χ4n) is 2.00. The van der Waals surface area contributed by atoms with Crippen molar-refractivity contribution in [1.82, 2.24) is 10.2 Å². The summed E-state index contributed by atoms with van der Waals surface area (Å²) >= 11 is 0. The monoisotopic (exact) mass is 288 g/mol. The molecule has 0 saturated heterocycles. The number of carbonyl (C=O) groups excluding carboxylic acids is 1. The van der Waals surface area contributed by atoms with Crippen molar-refractivity contribution in [2.24, 2.45) is 0 Å². The topological polar surface area (TPSA) is 78.9 Å². The molecule has 6 nitrogen and oxygen atoms in total. The number of aliphatic carboxylic acids is 1. The van der Waals surface area contributed by atoms with E-state index in [0.717, 1.165) is 12.8 Å². The standard InChI is InChI=1S/C14H28N2O4/c1-5-7-12(10-20-4)15-14(19)16(11(2)3)9-6-8-13(17)18/h11-12H,5-10H2,1-4H3,(H,15,19)(H,17,18). The fraction of sp³-hybridized carbons (Fsp3) is 0.857. The van der Waals surface area contributed by atoms with E-state index in [1.54, 1.807) is 12.0 Å². The van der Waals surface area contributed by atoms with Gasteiger partial charge >= 0.3 is 12.0 Å². The third-order valence-corrected chi connectivity index (χ3v) is 3.01. The van der Waals surface area contributed by atoms with Crippen molar-refractivity contribution in [1.29, 1.82) is 0 Å². The van der Waals surface area contributed by atoms with Crippen LogP contribution in [0.3, 0.4) is 0 Å². The van der Waals surface area contributed by atoms with Gasteiger partial charge in [-0.3, -0.25) is 4.79 Å². The molecule has 0 aliphatic rings. The molecular formula is C14H28N2O4. The second-order valence-corrected chi connectivity index (χ2v) is 5.17. The van der Waals surface area contributed by atoms with Crippen LogP contribution in [0.1, 0.15) is 46.5 Å². The quantitative estimate of drug-likeness (QED) is 0.645. The van der Waals surface area contributed by atoms with Crippen molar-refractivity contribution in [3.8, 4) is 0 Å². The Hall–Kier alpha value is -1.30. The minimum atomic E-state index is -0.836. The molecule has 0 rings (SSSR count). The van der Waals surface area contributed by atoms with Crippen LogP contribution in [0, 0.1) is 0 Å². The van der Waals surface area contributed by atoms with Crippen LogP contribution in [-0.4, -0.2) is 54.4 Å². The van der Waals surface area contributed by atoms with Crippen molar-refractivity contribution in [3.63, 3.8) is 0 Å². The maximum atomic E-state index is 12.2. The van der Waals surface area contributed by atoms with Gasteiger partial charge in [0.1, 0.15) is 0 Å². The smallest absolute Gasteiger partial charge is 0.317 e. The van der Waals surface area contributed by atoms with Crippen LogP contribution in [0.5, 0.6) is 0 Å². The second-order valence-electron chi connectivity index (χ2n) is 5.17. The van der Waals surface area contributed by atoms with Gasteiger partial charge in [-0.05, 0) is 26.7 Å². The van der Waals surface area contributed by atoms with Gasteiger partial charge < -0.3 is 20.1 Å². The molecule has 0 aromatic heterocycles. The van der Waals surface area contributed by atoms with Crippen molar-refractivity contribution in [2.45, 2.75) is 58.5 Å². The molecule has 1 atom stereocenters. The number of methoxy groups -OCH3 is 1. The molecule has 0 aliphatic carbocycles. The largest absolute Gasteiger partial charge is 0.481 e. The third kappa shape index (κ3) is 7.99. The molecule has 0 saturated carbocycles. The molecule has 0 bridgehead atoms. The highest BCUT2D eigenvalue weighted by Crippen LogP contribution is 2.05. The van der Waals surface area contributed by atoms with Crippen LogP contribution in [0.15, 0.2) is 0 Å². The number of rotatable bonds is 10. The van der Waals surface area contributed by atoms with Gasteiger partial charge in [0.25, 0.3) is 0 Å². The predicted molar refractivity (Wildman–Crippen MR) is 77.8 cm³/mol. The highest BCUT2D eigenvalue weighted by Gasteiger charge is 2.20. The molecule has 0 fully saturated rings. The molecule has 118 valence electrons. The number of nitrogens with one attached hydrogen (secondary N) is 1. The highest BCUT2D eigenvalue weighted by molar-refractivity contribution is 5.75. The van der Waals surface area contributed by atoms with E-state index in [2.05, 4.69) is 12.2 Å². The summed E-state index contributed by atoms with van der Waals surface area (Å²) in [5.74, 6) is -0.836. The number of carbonyl (C=O) groups is 2. The number of carboxylic acid groups (broad SMARTS) is 1. The molecule has 2 N–H and O–H groups in total. The van der Waals surface area contributed by atoms with Crippen LogP contribution in [0.4, 0.5) is 4.79 Å². The first kappa shape index (κ1) is 18.7. The van der Waals surface area contributed by atoms with Crippen LogP contribution in [-0.2, 0) is 9.53 Å². The molecule has 20 heavy (non-hydrogen) atoms. The Bertz CT molecular complexity index is 289. The maximum absolute atomic E-state index is 12.2. The summed E-state index contributed by atoms with van der Waals surface area (Å²) in [4.78, 5) is 24.4. The Morgan fingerprint density at radius 2 is 2.00 bits per heavy atom. The molecule has 6 heteroatoms. The fourth-order valence-corrected chi connectivity index (χ4v) is 2.00. The lowest BCUT2D eigenvalue weighted by Gasteiger charge is -2.29. The Morgan fingerprint density at radius 1 is 1.35 bits per heavy atom. The summed E-state index contributed by atoms with van der Waals surface area (Å²) in [5, 5.41) is 11.6. The molecule has 0 heterocycles. The van der Waals surface area contributed by atoms with Gasteiger partial charge in [-0.1, -0.05) is 13.3 Å². The second kappa shape index (κ2) is 10.5. The van der Waals surface area contributed by atoms with Gasteiger partial charge in [0.2, 0.25) is 0 Å². The van der Waals surface area contributed by atoms with Crippen molar-refractivity contribution in [3.05, 3.63) is 0 Å². The van der Waals surface area contributed by atoms with Crippen LogP contribution in [0.2, 0.25) is 0 Å². The third-order valence-electron chi connectivity index (χ3n) is 3.01. The van der Waals surface area contributed by atoms with Gasteiger partial charge in [-0.15, -0.1) is 0 Å². The van der Waals surface area contributed by atoms with Crippen LogP contribution < -0.4 is 5.32 Å². The number of nitrogens with zero attached hydrogens (tertiary/aromatic N) is 1. The van der Waals surface area contributed by atoms with E-state index in [1.165, 1.54) is 0 Å². The molecule has 0 radical (unpaired) electrons. The average Bonchev–Trinajstić information content (AvgIpc) is 2.34. The number of carboxylic acids is 1. The zero-order valence-electron chi connectivity index (χ0n) is 13.0. The first-order valence-corrected chi connectivity index (χ1v) is 7.20. The summed E-state index contributed by atoms with van der Waals surface area (Å²) in [7, 11) is 1.61. The maximum Gasteiger partial charge on any atom is 0.317 e.